The van der Waals surface area contributed by atoms with Crippen LogP contribution in [0.3, 0.4) is 0 Å². The predicted molar refractivity (Wildman–Crippen MR) is 75.8 cm³/mol. The molecule has 98 valence electrons. The smallest absolute Gasteiger partial charge is 0.139 e. The van der Waals surface area contributed by atoms with Gasteiger partial charge in [-0.2, -0.15) is 0 Å². The van der Waals surface area contributed by atoms with E-state index < -0.39 is 0 Å². The highest BCUT2D eigenvalue weighted by molar-refractivity contribution is 5.39. The lowest BCUT2D eigenvalue weighted by atomic mass is 9.94. The highest BCUT2D eigenvalue weighted by atomic mass is 14.9. The molecule has 1 atom stereocenters. The third-order valence-electron chi connectivity index (χ3n) is 4.01. The van der Waals surface area contributed by atoms with E-state index in [4.69, 9.17) is 10.7 Å². The summed E-state index contributed by atoms with van der Waals surface area (Å²) in [6.07, 6.45) is 4.16. The first-order valence-electron chi connectivity index (χ1n) is 6.78. The molecular weight excluding hydrogens is 234 g/mol. The van der Waals surface area contributed by atoms with Crippen LogP contribution in [0.15, 0.2) is 36.5 Å². The van der Waals surface area contributed by atoms with E-state index in [0.29, 0.717) is 0 Å². The summed E-state index contributed by atoms with van der Waals surface area (Å²) in [5.41, 5.74) is 9.32. The van der Waals surface area contributed by atoms with Crippen LogP contribution in [0.1, 0.15) is 48.5 Å². The second-order valence-electron chi connectivity index (χ2n) is 5.47. The molecule has 1 aliphatic carbocycles. The van der Waals surface area contributed by atoms with Gasteiger partial charge in [-0.05, 0) is 32.3 Å². The van der Waals surface area contributed by atoms with Gasteiger partial charge in [0.15, 0.2) is 0 Å². The van der Waals surface area contributed by atoms with Gasteiger partial charge in [-0.3, -0.25) is 0 Å². The molecule has 0 radical (unpaired) electrons. The van der Waals surface area contributed by atoms with Gasteiger partial charge in [0.2, 0.25) is 0 Å². The molecule has 1 aromatic heterocycles. The maximum absolute atomic E-state index is 5.92. The summed E-state index contributed by atoms with van der Waals surface area (Å²) in [7, 11) is 0. The summed E-state index contributed by atoms with van der Waals surface area (Å²) >= 11 is 0. The predicted octanol–water partition coefficient (Wildman–Crippen LogP) is 2.88. The number of hydrogen-bond donors (Lipinski definition) is 1. The van der Waals surface area contributed by atoms with Crippen LogP contribution in [0.4, 0.5) is 0 Å². The Bertz CT molecular complexity index is 586. The van der Waals surface area contributed by atoms with E-state index in [2.05, 4.69) is 29.2 Å². The molecular formula is C16H19N3. The van der Waals surface area contributed by atoms with Gasteiger partial charge < -0.3 is 5.73 Å². The Morgan fingerprint density at radius 2 is 1.89 bits per heavy atom. The Labute approximate surface area is 113 Å². The van der Waals surface area contributed by atoms with Crippen molar-refractivity contribution in [3.8, 4) is 0 Å². The van der Waals surface area contributed by atoms with Crippen LogP contribution >= 0.6 is 0 Å². The fourth-order valence-corrected chi connectivity index (χ4v) is 2.68. The molecule has 1 unspecified atom stereocenters. The molecule has 2 aromatic rings. The average Bonchev–Trinajstić information content (AvgIpc) is 3.20. The maximum atomic E-state index is 5.92. The van der Waals surface area contributed by atoms with Crippen molar-refractivity contribution in [3.05, 3.63) is 59.2 Å². The topological polar surface area (TPSA) is 51.8 Å². The largest absolute Gasteiger partial charge is 0.324 e. The minimum absolute atomic E-state index is 0.0130. The van der Waals surface area contributed by atoms with Crippen LogP contribution < -0.4 is 5.73 Å². The molecule has 0 amide bonds. The summed E-state index contributed by atoms with van der Waals surface area (Å²) in [4.78, 5) is 9.29. The van der Waals surface area contributed by atoms with Crippen molar-refractivity contribution in [2.45, 2.75) is 38.1 Å². The SMILES string of the molecule is Cc1nc(C2(c3ccccc3)CC2)ncc1C(C)N. The number of nitrogens with zero attached hydrogens (tertiary/aromatic N) is 2. The molecule has 3 heteroatoms. The summed E-state index contributed by atoms with van der Waals surface area (Å²) in [5, 5.41) is 0. The molecule has 2 N–H and O–H groups in total. The third-order valence-corrected chi connectivity index (χ3v) is 4.01. The van der Waals surface area contributed by atoms with Crippen LogP contribution in [0.2, 0.25) is 0 Å². The first kappa shape index (κ1) is 12.3. The van der Waals surface area contributed by atoms with Crippen molar-refractivity contribution >= 4 is 0 Å². The normalized spacial score (nSPS) is 18.1. The lowest BCUT2D eigenvalue weighted by Gasteiger charge is -2.16. The fourth-order valence-electron chi connectivity index (χ4n) is 2.68. The lowest BCUT2D eigenvalue weighted by molar-refractivity contribution is 0.718. The quantitative estimate of drug-likeness (QED) is 0.915. The summed E-state index contributed by atoms with van der Waals surface area (Å²) in [5.74, 6) is 0.945. The highest BCUT2D eigenvalue weighted by Crippen LogP contribution is 2.52. The first-order chi connectivity index (χ1) is 9.13. The second kappa shape index (κ2) is 4.42. The molecule has 1 heterocycles. The van der Waals surface area contributed by atoms with Gasteiger partial charge >= 0.3 is 0 Å². The monoisotopic (exact) mass is 253 g/mol. The Kier molecular flexibility index (Phi) is 2.86. The number of aryl methyl sites for hydroxylation is 1. The Hall–Kier alpha value is -1.74. The van der Waals surface area contributed by atoms with Gasteiger partial charge in [-0.25, -0.2) is 9.97 Å². The molecule has 3 rings (SSSR count). The Balaban J connectivity index is 2.02. The zero-order valence-electron chi connectivity index (χ0n) is 11.4. The van der Waals surface area contributed by atoms with Gasteiger partial charge in [0.1, 0.15) is 5.82 Å². The highest BCUT2D eigenvalue weighted by Gasteiger charge is 2.48. The molecule has 3 nitrogen and oxygen atoms in total. The Morgan fingerprint density at radius 1 is 1.21 bits per heavy atom. The van der Waals surface area contributed by atoms with Crippen molar-refractivity contribution in [1.29, 1.82) is 0 Å². The second-order valence-corrected chi connectivity index (χ2v) is 5.47. The van der Waals surface area contributed by atoms with Gasteiger partial charge in [0.25, 0.3) is 0 Å². The lowest BCUT2D eigenvalue weighted by Crippen LogP contribution is -2.16. The summed E-state index contributed by atoms with van der Waals surface area (Å²) in [6.45, 7) is 3.99. The Morgan fingerprint density at radius 3 is 2.42 bits per heavy atom. The number of benzene rings is 1. The molecule has 19 heavy (non-hydrogen) atoms. The van der Waals surface area contributed by atoms with E-state index in [1.54, 1.807) is 0 Å². The van der Waals surface area contributed by atoms with E-state index in [-0.39, 0.29) is 11.5 Å². The van der Waals surface area contributed by atoms with E-state index in [0.717, 1.165) is 29.9 Å². The summed E-state index contributed by atoms with van der Waals surface area (Å²) in [6, 6.07) is 10.5. The molecule has 0 aliphatic heterocycles. The van der Waals surface area contributed by atoms with Gasteiger partial charge in [-0.1, -0.05) is 30.3 Å². The van der Waals surface area contributed by atoms with Crippen LogP contribution in [0.25, 0.3) is 0 Å². The van der Waals surface area contributed by atoms with Crippen LogP contribution in [0, 0.1) is 6.92 Å². The zero-order chi connectivity index (χ0) is 13.5. The van der Waals surface area contributed by atoms with Crippen molar-refractivity contribution in [3.63, 3.8) is 0 Å². The van der Waals surface area contributed by atoms with Gasteiger partial charge in [-0.15, -0.1) is 0 Å². The first-order valence-corrected chi connectivity index (χ1v) is 6.78. The molecule has 1 saturated carbocycles. The average molecular weight is 253 g/mol. The van der Waals surface area contributed by atoms with Crippen molar-refractivity contribution in [2.75, 3.05) is 0 Å². The molecule has 0 saturated heterocycles. The van der Waals surface area contributed by atoms with Crippen LogP contribution in [0.5, 0.6) is 0 Å². The van der Waals surface area contributed by atoms with Crippen molar-refractivity contribution < 1.29 is 0 Å². The number of rotatable bonds is 3. The van der Waals surface area contributed by atoms with Gasteiger partial charge in [0.05, 0.1) is 5.41 Å². The molecule has 1 aromatic carbocycles. The number of aromatic nitrogens is 2. The minimum atomic E-state index is -0.0130. The number of hydrogen-bond acceptors (Lipinski definition) is 3. The van der Waals surface area contributed by atoms with Crippen molar-refractivity contribution in [1.82, 2.24) is 9.97 Å². The van der Waals surface area contributed by atoms with E-state index in [1.165, 1.54) is 5.56 Å². The maximum Gasteiger partial charge on any atom is 0.139 e. The van der Waals surface area contributed by atoms with Gasteiger partial charge in [0, 0.05) is 23.5 Å². The van der Waals surface area contributed by atoms with E-state index >= 15 is 0 Å². The van der Waals surface area contributed by atoms with Crippen molar-refractivity contribution in [2.24, 2.45) is 5.73 Å². The molecule has 0 bridgehead atoms. The third kappa shape index (κ3) is 2.04. The molecule has 1 fully saturated rings. The standard InChI is InChI=1S/C16H19N3/c1-11(17)14-10-18-15(19-12(14)2)16(8-9-16)13-6-4-3-5-7-13/h3-7,10-11H,8-9,17H2,1-2H3. The number of nitrogens with two attached hydrogens (primary N) is 1. The van der Waals surface area contributed by atoms with E-state index in [9.17, 15) is 0 Å². The van der Waals surface area contributed by atoms with E-state index in [1.807, 2.05) is 26.1 Å². The zero-order valence-corrected chi connectivity index (χ0v) is 11.4. The van der Waals surface area contributed by atoms with Crippen LogP contribution in [-0.4, -0.2) is 9.97 Å². The minimum Gasteiger partial charge on any atom is -0.324 e. The molecule has 0 spiro atoms. The summed E-state index contributed by atoms with van der Waals surface area (Å²) < 4.78 is 0. The van der Waals surface area contributed by atoms with Crippen LogP contribution in [-0.2, 0) is 5.41 Å². The fraction of sp³-hybridized carbons (Fsp3) is 0.375. The molecule has 1 aliphatic rings.